The Bertz CT molecular complexity index is 1500. The largest absolute Gasteiger partial charge is 0.507 e. The number of aromatic hydroxyl groups is 1. The number of rotatable bonds is 5. The molecule has 7 heteroatoms. The van der Waals surface area contributed by atoms with E-state index in [4.69, 9.17) is 0 Å². The molecule has 2 N–H and O–H groups in total. The smallest absolute Gasteiger partial charge is 0.190 e. The molecule has 2 aromatic carbocycles. The number of hydrogen-bond acceptors (Lipinski definition) is 7. The van der Waals surface area contributed by atoms with Gasteiger partial charge < -0.3 is 10.2 Å². The van der Waals surface area contributed by atoms with Crippen LogP contribution in [-0.4, -0.2) is 44.7 Å². The van der Waals surface area contributed by atoms with Crippen LogP contribution in [0.2, 0.25) is 0 Å². The van der Waals surface area contributed by atoms with Crippen molar-refractivity contribution in [2.45, 2.75) is 72.8 Å². The number of benzene rings is 2. The summed E-state index contributed by atoms with van der Waals surface area (Å²) in [6.07, 6.45) is 2.21. The summed E-state index contributed by atoms with van der Waals surface area (Å²) >= 11 is 0. The first-order chi connectivity index (χ1) is 19.1. The van der Waals surface area contributed by atoms with Gasteiger partial charge in [-0.15, -0.1) is 0 Å². The molecule has 41 heavy (non-hydrogen) atoms. The molecule has 0 saturated heterocycles. The first-order valence-electron chi connectivity index (χ1n) is 14.5. The summed E-state index contributed by atoms with van der Waals surface area (Å²) in [6, 6.07) is 11.2. The monoisotopic (exact) mass is 558 g/mol. The Kier molecular flexibility index (Phi) is 6.77. The van der Waals surface area contributed by atoms with E-state index < -0.39 is 63.1 Å². The van der Waals surface area contributed by atoms with Crippen LogP contribution in [0.4, 0.5) is 0 Å². The lowest BCUT2D eigenvalue weighted by Crippen LogP contribution is -2.76. The molecule has 3 unspecified atom stereocenters. The molecule has 216 valence electrons. The normalized spacial score (nSPS) is 32.9. The highest BCUT2D eigenvalue weighted by atomic mass is 16.3. The highest BCUT2D eigenvalue weighted by Gasteiger charge is 2.76. The number of Topliss-reactive ketones (excluding diaryl/α,β-unsaturated/α-hetero) is 5. The predicted octanol–water partition coefficient (Wildman–Crippen LogP) is 4.71. The summed E-state index contributed by atoms with van der Waals surface area (Å²) in [4.78, 5) is 68.5. The summed E-state index contributed by atoms with van der Waals surface area (Å²) in [5.41, 5.74) is -1.82. The number of aryl methyl sites for hydroxylation is 1. The summed E-state index contributed by atoms with van der Waals surface area (Å²) in [5, 5.41) is 23.0. The van der Waals surface area contributed by atoms with Gasteiger partial charge in [0.2, 0.25) is 0 Å². The van der Waals surface area contributed by atoms with Gasteiger partial charge in [-0.3, -0.25) is 24.0 Å². The van der Waals surface area contributed by atoms with Crippen LogP contribution < -0.4 is 0 Å². The van der Waals surface area contributed by atoms with Crippen LogP contribution in [0.5, 0.6) is 5.75 Å². The number of fused-ring (bicyclic) bond motifs is 3. The molecule has 3 aliphatic carbocycles. The molecule has 0 spiro atoms. The van der Waals surface area contributed by atoms with E-state index in [1.54, 1.807) is 33.8 Å². The van der Waals surface area contributed by atoms with Crippen molar-refractivity contribution in [1.29, 1.82) is 0 Å². The molecular formula is C34H38O7. The van der Waals surface area contributed by atoms with Gasteiger partial charge in [0.05, 0.1) is 11.5 Å². The minimum absolute atomic E-state index is 0.0195. The average molecular weight is 559 g/mol. The van der Waals surface area contributed by atoms with Crippen LogP contribution in [0.1, 0.15) is 75.9 Å². The van der Waals surface area contributed by atoms with Crippen LogP contribution in [0.3, 0.4) is 0 Å². The first-order valence-corrected chi connectivity index (χ1v) is 14.5. The average Bonchev–Trinajstić information content (AvgIpc) is 2.86. The third-order valence-corrected chi connectivity index (χ3v) is 10.1. The van der Waals surface area contributed by atoms with Gasteiger partial charge >= 0.3 is 0 Å². The molecule has 2 fully saturated rings. The molecular weight excluding hydrogens is 520 g/mol. The Balaban J connectivity index is 1.70. The van der Waals surface area contributed by atoms with E-state index in [1.165, 1.54) is 11.6 Å². The van der Waals surface area contributed by atoms with E-state index in [-0.39, 0.29) is 30.1 Å². The van der Waals surface area contributed by atoms with Crippen LogP contribution in [0.15, 0.2) is 36.4 Å². The Morgan fingerprint density at radius 2 is 1.63 bits per heavy atom. The van der Waals surface area contributed by atoms with E-state index in [2.05, 4.69) is 6.92 Å². The highest BCUT2D eigenvalue weighted by molar-refractivity contribution is 6.32. The van der Waals surface area contributed by atoms with Gasteiger partial charge in [0, 0.05) is 11.3 Å². The maximum atomic E-state index is 14.4. The fraction of sp³-hybridized carbons (Fsp3) is 0.500. The quantitative estimate of drug-likeness (QED) is 0.509. The van der Waals surface area contributed by atoms with Crippen molar-refractivity contribution in [3.05, 3.63) is 53.1 Å². The van der Waals surface area contributed by atoms with Crippen molar-refractivity contribution < 1.29 is 34.2 Å². The summed E-state index contributed by atoms with van der Waals surface area (Å²) in [6.45, 7) is 10.1. The summed E-state index contributed by atoms with van der Waals surface area (Å²) in [7, 11) is 0. The second-order valence-corrected chi connectivity index (χ2v) is 13.3. The molecule has 5 rings (SSSR count). The van der Waals surface area contributed by atoms with Crippen LogP contribution in [0.25, 0.3) is 11.1 Å². The van der Waals surface area contributed by atoms with E-state index in [0.717, 1.165) is 30.9 Å². The molecule has 0 aromatic heterocycles. The number of carbonyl (C=O) groups is 5. The molecule has 0 bridgehead atoms. The lowest BCUT2D eigenvalue weighted by Gasteiger charge is -2.61. The minimum atomic E-state index is -2.69. The lowest BCUT2D eigenvalue weighted by atomic mass is 9.40. The highest BCUT2D eigenvalue weighted by Crippen LogP contribution is 2.64. The van der Waals surface area contributed by atoms with Crippen molar-refractivity contribution in [2.24, 2.45) is 34.5 Å². The van der Waals surface area contributed by atoms with Crippen LogP contribution in [0, 0.1) is 34.5 Å². The van der Waals surface area contributed by atoms with Gasteiger partial charge in [-0.05, 0) is 65.8 Å². The Labute approximate surface area is 240 Å². The zero-order valence-corrected chi connectivity index (χ0v) is 24.5. The topological polar surface area (TPSA) is 126 Å². The second kappa shape index (κ2) is 9.55. The minimum Gasteiger partial charge on any atom is -0.507 e. The number of phenols is 1. The first kappa shape index (κ1) is 29.1. The molecule has 0 heterocycles. The van der Waals surface area contributed by atoms with Crippen LogP contribution in [-0.2, 0) is 32.0 Å². The number of ketones is 5. The fourth-order valence-corrected chi connectivity index (χ4v) is 8.55. The summed E-state index contributed by atoms with van der Waals surface area (Å²) < 4.78 is 0. The maximum Gasteiger partial charge on any atom is 0.190 e. The number of phenolic OH excluding ortho intramolecular Hbond substituents is 1. The Morgan fingerprint density at radius 3 is 2.20 bits per heavy atom. The number of carbonyl (C=O) groups excluding carboxylic acids is 5. The van der Waals surface area contributed by atoms with E-state index >= 15 is 0 Å². The predicted molar refractivity (Wildman–Crippen MR) is 152 cm³/mol. The van der Waals surface area contributed by atoms with Gasteiger partial charge in [0.25, 0.3) is 0 Å². The molecule has 0 amide bonds. The van der Waals surface area contributed by atoms with Crippen molar-refractivity contribution in [3.63, 3.8) is 0 Å². The molecule has 2 aromatic rings. The van der Waals surface area contributed by atoms with Gasteiger partial charge in [0.15, 0.2) is 28.7 Å². The zero-order valence-electron chi connectivity index (χ0n) is 24.5. The van der Waals surface area contributed by atoms with Crippen molar-refractivity contribution in [3.8, 4) is 16.9 Å². The van der Waals surface area contributed by atoms with E-state index in [9.17, 15) is 34.2 Å². The van der Waals surface area contributed by atoms with Gasteiger partial charge in [-0.2, -0.15) is 0 Å². The van der Waals surface area contributed by atoms with Crippen molar-refractivity contribution in [1.82, 2.24) is 0 Å². The number of hydrogen-bond donors (Lipinski definition) is 2. The van der Waals surface area contributed by atoms with Crippen molar-refractivity contribution in [2.75, 3.05) is 0 Å². The van der Waals surface area contributed by atoms with Gasteiger partial charge in [-0.1, -0.05) is 71.4 Å². The molecule has 7 nitrogen and oxygen atoms in total. The van der Waals surface area contributed by atoms with E-state index in [0.29, 0.717) is 5.56 Å². The molecule has 3 aliphatic rings. The van der Waals surface area contributed by atoms with Gasteiger partial charge in [-0.25, -0.2) is 0 Å². The molecule has 2 saturated carbocycles. The number of aliphatic hydroxyl groups is 1. The lowest BCUT2D eigenvalue weighted by molar-refractivity contribution is -0.205. The summed E-state index contributed by atoms with van der Waals surface area (Å²) in [5.74, 6) is -8.84. The maximum absolute atomic E-state index is 14.4. The molecule has 0 aliphatic heterocycles. The molecule has 0 radical (unpaired) electrons. The Morgan fingerprint density at radius 1 is 1.00 bits per heavy atom. The standard InChI is InChI=1S/C34H38O7/c1-7-8-19-9-11-20(12-10-19)21-13-14-23(36)25-22(21)15-32(5)16-33(6)26(17(2)3)28(37)24(18(4)35)30(39)34(33,41)31(40)27(32)29(25)38/h9-14,17,24,26-27,36,41H,7-8,15-16H2,1-6H3/t24?,26?,27?,32-,33-,34+/m1/s1. The third-order valence-electron chi connectivity index (χ3n) is 10.1. The molecule has 6 atom stereocenters. The van der Waals surface area contributed by atoms with Gasteiger partial charge in [0.1, 0.15) is 17.5 Å². The fourth-order valence-electron chi connectivity index (χ4n) is 8.55. The second-order valence-electron chi connectivity index (χ2n) is 13.3. The Hall–Kier alpha value is -3.45. The van der Waals surface area contributed by atoms with E-state index in [1.807, 2.05) is 24.3 Å². The van der Waals surface area contributed by atoms with Crippen LogP contribution >= 0.6 is 0 Å². The van der Waals surface area contributed by atoms with Crippen molar-refractivity contribution >= 4 is 28.9 Å². The zero-order chi connectivity index (χ0) is 30.2. The SMILES string of the molecule is CCCc1ccc(-c2ccc(O)c3c2C[C@]2(C)C[C@]4(C)C(C(C)C)C(=O)C(C(C)=O)C(=O)[C@]4(O)C(=O)C2C3=O)cc1. The third kappa shape index (κ3) is 3.84.